The highest BCUT2D eigenvalue weighted by Gasteiger charge is 2.32. The van der Waals surface area contributed by atoms with E-state index in [1.54, 1.807) is 49.5 Å². The van der Waals surface area contributed by atoms with Gasteiger partial charge in [-0.2, -0.15) is 0 Å². The van der Waals surface area contributed by atoms with Crippen molar-refractivity contribution in [3.05, 3.63) is 47.3 Å². The molecule has 0 fully saturated rings. The molecule has 0 saturated carbocycles. The highest BCUT2D eigenvalue weighted by Crippen LogP contribution is 2.39. The number of hydrogen-bond acceptors (Lipinski definition) is 6. The number of hydrogen-bond donors (Lipinski definition) is 2. The molecule has 0 unspecified atom stereocenters. The predicted octanol–water partition coefficient (Wildman–Crippen LogP) is 4.22. The van der Waals surface area contributed by atoms with Crippen molar-refractivity contribution in [2.45, 2.75) is 38.8 Å². The van der Waals surface area contributed by atoms with Gasteiger partial charge in [0.15, 0.2) is 5.58 Å². The third-order valence-electron chi connectivity index (χ3n) is 5.36. The van der Waals surface area contributed by atoms with E-state index < -0.39 is 6.10 Å². The summed E-state index contributed by atoms with van der Waals surface area (Å²) < 4.78 is 16.6. The molecule has 8 heteroatoms. The number of aliphatic hydroxyl groups excluding tert-OH is 1. The molecule has 0 aliphatic carbocycles. The minimum Gasteiger partial charge on any atom is -0.496 e. The van der Waals surface area contributed by atoms with Gasteiger partial charge in [-0.15, -0.1) is 0 Å². The Bertz CT molecular complexity index is 1130. The number of β-amino-alcohol motifs (C(OH)–C–C–N with tert-alkyl or cyclic N) is 1. The molecule has 1 aromatic heterocycles. The summed E-state index contributed by atoms with van der Waals surface area (Å²) in [5.74, 6) is 1.82. The second-order valence-electron chi connectivity index (χ2n) is 8.64. The molecule has 164 valence electrons. The fraction of sp³-hybridized carbons (Fsp3) is 0.391. The topological polar surface area (TPSA) is 97.1 Å². The second-order valence-corrected chi connectivity index (χ2v) is 8.64. The monoisotopic (exact) mass is 425 g/mol. The molecule has 2 amide bonds. The van der Waals surface area contributed by atoms with Crippen LogP contribution in [0, 0.1) is 0 Å². The van der Waals surface area contributed by atoms with Gasteiger partial charge in [-0.05, 0) is 30.3 Å². The first-order chi connectivity index (χ1) is 14.7. The van der Waals surface area contributed by atoms with Crippen LogP contribution in [0.15, 0.2) is 34.7 Å². The number of aromatic nitrogens is 1. The fourth-order valence-corrected chi connectivity index (χ4v) is 3.76. The van der Waals surface area contributed by atoms with Crippen LogP contribution in [-0.4, -0.2) is 41.8 Å². The van der Waals surface area contributed by atoms with Crippen molar-refractivity contribution < 1.29 is 23.8 Å². The molecule has 2 heterocycles. The summed E-state index contributed by atoms with van der Waals surface area (Å²) >= 11 is 0. The van der Waals surface area contributed by atoms with Crippen LogP contribution in [-0.2, 0) is 12.0 Å². The molecule has 8 nitrogen and oxygen atoms in total. The van der Waals surface area contributed by atoms with Gasteiger partial charge in [0.1, 0.15) is 23.1 Å². The van der Waals surface area contributed by atoms with Gasteiger partial charge in [-0.3, -0.25) is 0 Å². The number of fused-ring (bicyclic) bond motifs is 2. The number of urea groups is 1. The number of anilines is 1. The summed E-state index contributed by atoms with van der Waals surface area (Å²) in [6, 6.07) is 8.56. The SMILES string of the molecule is COc1ccc(OC)c2c1CN(C(=O)Nc1ccc3oc(C(C)(C)C)nc3c1)C[C@@H]2O. The highest BCUT2D eigenvalue weighted by molar-refractivity contribution is 5.92. The van der Waals surface area contributed by atoms with E-state index in [1.165, 1.54) is 0 Å². The summed E-state index contributed by atoms with van der Waals surface area (Å²) in [7, 11) is 3.12. The molecule has 0 radical (unpaired) electrons. The number of amides is 2. The van der Waals surface area contributed by atoms with Crippen molar-refractivity contribution in [2.75, 3.05) is 26.1 Å². The lowest BCUT2D eigenvalue weighted by atomic mass is 9.95. The van der Waals surface area contributed by atoms with Crippen LogP contribution in [0.2, 0.25) is 0 Å². The average Bonchev–Trinajstić information content (AvgIpc) is 3.16. The summed E-state index contributed by atoms with van der Waals surface area (Å²) in [5.41, 5.74) is 3.13. The maximum absolute atomic E-state index is 13.0. The number of nitrogens with zero attached hydrogens (tertiary/aromatic N) is 2. The predicted molar refractivity (Wildman–Crippen MR) is 117 cm³/mol. The summed E-state index contributed by atoms with van der Waals surface area (Å²) in [6.45, 7) is 6.53. The van der Waals surface area contributed by atoms with E-state index in [9.17, 15) is 9.90 Å². The van der Waals surface area contributed by atoms with Gasteiger partial charge in [-0.1, -0.05) is 20.8 Å². The molecular weight excluding hydrogens is 398 g/mol. The molecule has 2 aromatic carbocycles. The van der Waals surface area contributed by atoms with Crippen LogP contribution in [0.3, 0.4) is 0 Å². The van der Waals surface area contributed by atoms with E-state index in [0.717, 1.165) is 5.56 Å². The summed E-state index contributed by atoms with van der Waals surface area (Å²) in [4.78, 5) is 19.1. The van der Waals surface area contributed by atoms with Crippen molar-refractivity contribution >= 4 is 22.8 Å². The van der Waals surface area contributed by atoms with Gasteiger partial charge in [0.05, 0.1) is 27.3 Å². The van der Waals surface area contributed by atoms with E-state index in [4.69, 9.17) is 13.9 Å². The number of methoxy groups -OCH3 is 2. The Kier molecular flexibility index (Phi) is 5.26. The number of nitrogens with one attached hydrogen (secondary N) is 1. The van der Waals surface area contributed by atoms with Crippen molar-refractivity contribution in [1.29, 1.82) is 0 Å². The van der Waals surface area contributed by atoms with Crippen LogP contribution < -0.4 is 14.8 Å². The number of oxazole rings is 1. The smallest absolute Gasteiger partial charge is 0.322 e. The van der Waals surface area contributed by atoms with Crippen molar-refractivity contribution in [1.82, 2.24) is 9.88 Å². The lowest BCUT2D eigenvalue weighted by molar-refractivity contribution is 0.105. The largest absolute Gasteiger partial charge is 0.496 e. The first-order valence-electron chi connectivity index (χ1n) is 10.1. The zero-order chi connectivity index (χ0) is 22.3. The molecular formula is C23H27N3O5. The average molecular weight is 425 g/mol. The molecule has 1 aliphatic heterocycles. The van der Waals surface area contributed by atoms with Gasteiger partial charge in [0, 0.05) is 22.2 Å². The quantitative estimate of drug-likeness (QED) is 0.652. The fourth-order valence-electron chi connectivity index (χ4n) is 3.76. The third-order valence-corrected chi connectivity index (χ3v) is 5.36. The number of rotatable bonds is 3. The van der Waals surface area contributed by atoms with Crippen LogP contribution in [0.5, 0.6) is 11.5 Å². The van der Waals surface area contributed by atoms with E-state index in [2.05, 4.69) is 10.3 Å². The van der Waals surface area contributed by atoms with Gasteiger partial charge in [-0.25, -0.2) is 9.78 Å². The second kappa shape index (κ2) is 7.77. The maximum atomic E-state index is 13.0. The lowest BCUT2D eigenvalue weighted by Crippen LogP contribution is -2.41. The Morgan fingerprint density at radius 1 is 1.19 bits per heavy atom. The van der Waals surface area contributed by atoms with Crippen molar-refractivity contribution in [3.63, 3.8) is 0 Å². The molecule has 2 N–H and O–H groups in total. The highest BCUT2D eigenvalue weighted by atomic mass is 16.5. The Morgan fingerprint density at radius 2 is 1.90 bits per heavy atom. The van der Waals surface area contributed by atoms with E-state index in [1.807, 2.05) is 20.8 Å². The minimum atomic E-state index is -0.882. The Balaban J connectivity index is 1.57. The van der Waals surface area contributed by atoms with E-state index in [0.29, 0.717) is 46.3 Å². The molecule has 31 heavy (non-hydrogen) atoms. The molecule has 1 aliphatic rings. The van der Waals surface area contributed by atoms with Crippen LogP contribution in [0.1, 0.15) is 43.9 Å². The maximum Gasteiger partial charge on any atom is 0.322 e. The molecule has 3 aromatic rings. The van der Waals surface area contributed by atoms with Gasteiger partial charge in [0.2, 0.25) is 5.89 Å². The Labute approximate surface area is 180 Å². The number of carbonyl (C=O) groups excluding carboxylic acids is 1. The molecule has 1 atom stereocenters. The molecule has 0 saturated heterocycles. The van der Waals surface area contributed by atoms with Gasteiger partial charge in [0.25, 0.3) is 0 Å². The minimum absolute atomic E-state index is 0.142. The van der Waals surface area contributed by atoms with E-state index in [-0.39, 0.29) is 18.0 Å². The molecule has 0 bridgehead atoms. The van der Waals surface area contributed by atoms with Gasteiger partial charge >= 0.3 is 6.03 Å². The van der Waals surface area contributed by atoms with Crippen molar-refractivity contribution in [3.8, 4) is 11.5 Å². The van der Waals surface area contributed by atoms with Crippen LogP contribution in [0.4, 0.5) is 10.5 Å². The standard InChI is InChI=1S/C23H27N3O5/c1-23(2,3)21-25-15-10-13(6-7-18(15)31-21)24-22(28)26-11-14-17(29-4)8-9-19(30-5)20(14)16(27)12-26/h6-10,16,27H,11-12H2,1-5H3,(H,24,28)/t16-/m0/s1. The van der Waals surface area contributed by atoms with Crippen LogP contribution in [0.25, 0.3) is 11.1 Å². The molecule has 0 spiro atoms. The third kappa shape index (κ3) is 3.90. The number of carbonyl (C=O) groups is 1. The van der Waals surface area contributed by atoms with Gasteiger partial charge < -0.3 is 29.2 Å². The summed E-state index contributed by atoms with van der Waals surface area (Å²) in [6.07, 6.45) is -0.882. The molecule has 4 rings (SSSR count). The Hall–Kier alpha value is -3.26. The first kappa shape index (κ1) is 21.0. The lowest BCUT2D eigenvalue weighted by Gasteiger charge is -2.34. The Morgan fingerprint density at radius 3 is 2.58 bits per heavy atom. The first-order valence-corrected chi connectivity index (χ1v) is 10.1. The van der Waals surface area contributed by atoms with Crippen LogP contribution >= 0.6 is 0 Å². The number of benzene rings is 2. The van der Waals surface area contributed by atoms with Crippen molar-refractivity contribution in [2.24, 2.45) is 0 Å². The number of ether oxygens (including phenoxy) is 2. The number of aliphatic hydroxyl groups is 1. The summed E-state index contributed by atoms with van der Waals surface area (Å²) in [5, 5.41) is 13.6. The zero-order valence-electron chi connectivity index (χ0n) is 18.4. The zero-order valence-corrected chi connectivity index (χ0v) is 18.4. The normalized spacial score (nSPS) is 16.2. The van der Waals surface area contributed by atoms with E-state index >= 15 is 0 Å².